The summed E-state index contributed by atoms with van der Waals surface area (Å²) in [6, 6.07) is -1.33. The molecule has 0 fully saturated rings. The fraction of sp³-hybridized carbons (Fsp3) is 0.545. The lowest BCUT2D eigenvalue weighted by Gasteiger charge is -2.21. The van der Waals surface area contributed by atoms with E-state index in [1.807, 2.05) is 6.92 Å². The SMILES string of the molecule is C#CC(CCC)NC(=O)N(CC(=O)O)CC(=O)O. The van der Waals surface area contributed by atoms with Gasteiger partial charge in [-0.2, -0.15) is 0 Å². The number of amides is 2. The summed E-state index contributed by atoms with van der Waals surface area (Å²) in [5.74, 6) is -0.243. The molecule has 0 aliphatic carbocycles. The molecule has 7 heteroatoms. The number of terminal acetylenes is 1. The Morgan fingerprint density at radius 2 is 1.78 bits per heavy atom. The van der Waals surface area contributed by atoms with E-state index < -0.39 is 37.1 Å². The smallest absolute Gasteiger partial charge is 0.323 e. The van der Waals surface area contributed by atoms with Crippen molar-refractivity contribution in [3.63, 3.8) is 0 Å². The van der Waals surface area contributed by atoms with Gasteiger partial charge in [0, 0.05) is 0 Å². The number of carbonyl (C=O) groups is 3. The van der Waals surface area contributed by atoms with Crippen LogP contribution in [0.5, 0.6) is 0 Å². The zero-order chi connectivity index (χ0) is 14.1. The molecular weight excluding hydrogens is 240 g/mol. The molecule has 0 bridgehead atoms. The number of rotatable bonds is 7. The zero-order valence-corrected chi connectivity index (χ0v) is 10.0. The van der Waals surface area contributed by atoms with Crippen molar-refractivity contribution >= 4 is 18.0 Å². The molecule has 0 saturated heterocycles. The van der Waals surface area contributed by atoms with E-state index in [1.165, 1.54) is 0 Å². The Labute approximate surface area is 105 Å². The summed E-state index contributed by atoms with van der Waals surface area (Å²) in [6.07, 6.45) is 6.47. The van der Waals surface area contributed by atoms with E-state index >= 15 is 0 Å². The lowest BCUT2D eigenvalue weighted by Crippen LogP contribution is -2.48. The molecule has 0 saturated carbocycles. The lowest BCUT2D eigenvalue weighted by molar-refractivity contribution is -0.140. The minimum absolute atomic E-state index is 0.535. The largest absolute Gasteiger partial charge is 0.480 e. The van der Waals surface area contributed by atoms with Crippen LogP contribution >= 0.6 is 0 Å². The fourth-order valence-corrected chi connectivity index (χ4v) is 1.25. The number of hydrogen-bond acceptors (Lipinski definition) is 3. The van der Waals surface area contributed by atoms with Crippen molar-refractivity contribution in [1.82, 2.24) is 10.2 Å². The highest BCUT2D eigenvalue weighted by molar-refractivity contribution is 5.84. The lowest BCUT2D eigenvalue weighted by atomic mass is 10.2. The van der Waals surface area contributed by atoms with Crippen molar-refractivity contribution in [2.24, 2.45) is 0 Å². The van der Waals surface area contributed by atoms with Crippen LogP contribution in [0.3, 0.4) is 0 Å². The molecule has 0 aromatic heterocycles. The molecule has 2 amide bonds. The molecule has 3 N–H and O–H groups in total. The van der Waals surface area contributed by atoms with Crippen LogP contribution < -0.4 is 5.32 Å². The molecule has 0 aromatic rings. The minimum atomic E-state index is -1.29. The second kappa shape index (κ2) is 7.95. The molecule has 0 heterocycles. The Balaban J connectivity index is 4.59. The standard InChI is InChI=1S/C11H16N2O5/c1-3-5-8(4-2)12-11(18)13(6-9(14)15)7-10(16)17/h2,8H,3,5-7H2,1H3,(H,12,18)(H,14,15)(H,16,17). The van der Waals surface area contributed by atoms with Gasteiger partial charge in [-0.25, -0.2) is 4.79 Å². The van der Waals surface area contributed by atoms with E-state index in [2.05, 4.69) is 11.2 Å². The highest BCUT2D eigenvalue weighted by Crippen LogP contribution is 1.98. The fourth-order valence-electron chi connectivity index (χ4n) is 1.25. The highest BCUT2D eigenvalue weighted by Gasteiger charge is 2.21. The van der Waals surface area contributed by atoms with Crippen LogP contribution in [0.1, 0.15) is 19.8 Å². The van der Waals surface area contributed by atoms with Gasteiger partial charge >= 0.3 is 18.0 Å². The highest BCUT2D eigenvalue weighted by atomic mass is 16.4. The van der Waals surface area contributed by atoms with Gasteiger partial charge in [-0.1, -0.05) is 19.3 Å². The second-order valence-corrected chi connectivity index (χ2v) is 3.60. The van der Waals surface area contributed by atoms with Crippen LogP contribution in [0.25, 0.3) is 0 Å². The third-order valence-electron chi connectivity index (χ3n) is 2.02. The van der Waals surface area contributed by atoms with Gasteiger partial charge in [0.05, 0.1) is 6.04 Å². The maximum Gasteiger partial charge on any atom is 0.323 e. The molecular formula is C11H16N2O5. The van der Waals surface area contributed by atoms with Crippen molar-refractivity contribution < 1.29 is 24.6 Å². The first kappa shape index (κ1) is 15.8. The van der Waals surface area contributed by atoms with Crippen LogP contribution in [-0.2, 0) is 9.59 Å². The van der Waals surface area contributed by atoms with Crippen molar-refractivity contribution in [3.8, 4) is 12.3 Å². The van der Waals surface area contributed by atoms with Gasteiger partial charge in [-0.15, -0.1) is 6.42 Å². The molecule has 0 aliphatic heterocycles. The summed E-state index contributed by atoms with van der Waals surface area (Å²) < 4.78 is 0. The molecule has 18 heavy (non-hydrogen) atoms. The number of aliphatic carboxylic acids is 2. The average molecular weight is 256 g/mol. The summed E-state index contributed by atoms with van der Waals surface area (Å²) >= 11 is 0. The molecule has 0 aliphatic rings. The topological polar surface area (TPSA) is 107 Å². The summed E-state index contributed by atoms with van der Waals surface area (Å²) in [5.41, 5.74) is 0. The van der Waals surface area contributed by atoms with Gasteiger partial charge in [0.2, 0.25) is 0 Å². The van der Waals surface area contributed by atoms with Crippen molar-refractivity contribution in [3.05, 3.63) is 0 Å². The second-order valence-electron chi connectivity index (χ2n) is 3.60. The Hall–Kier alpha value is -2.23. The molecule has 0 radical (unpaired) electrons. The maximum atomic E-state index is 11.7. The number of urea groups is 1. The number of carboxylic acids is 2. The predicted octanol–water partition coefficient (Wildman–Crippen LogP) is -0.0309. The van der Waals surface area contributed by atoms with Gasteiger partial charge in [-0.3, -0.25) is 9.59 Å². The Bertz CT molecular complexity index is 345. The van der Waals surface area contributed by atoms with E-state index in [1.54, 1.807) is 0 Å². The van der Waals surface area contributed by atoms with E-state index in [0.717, 1.165) is 6.42 Å². The molecule has 1 unspecified atom stereocenters. The Kier molecular flexibility index (Phi) is 6.96. The zero-order valence-electron chi connectivity index (χ0n) is 10.0. The normalized spacial score (nSPS) is 11.1. The monoisotopic (exact) mass is 256 g/mol. The Morgan fingerprint density at radius 3 is 2.11 bits per heavy atom. The minimum Gasteiger partial charge on any atom is -0.480 e. The number of carbonyl (C=O) groups excluding carboxylic acids is 1. The Morgan fingerprint density at radius 1 is 1.28 bits per heavy atom. The number of carboxylic acid groups (broad SMARTS) is 2. The first-order chi connectivity index (χ1) is 8.40. The van der Waals surface area contributed by atoms with Gasteiger partial charge < -0.3 is 20.4 Å². The van der Waals surface area contributed by atoms with Crippen LogP contribution in [0.2, 0.25) is 0 Å². The van der Waals surface area contributed by atoms with E-state index in [4.69, 9.17) is 16.6 Å². The maximum absolute atomic E-state index is 11.7. The quantitative estimate of drug-likeness (QED) is 0.554. The molecule has 0 aromatic carbocycles. The van der Waals surface area contributed by atoms with Crippen LogP contribution in [-0.4, -0.2) is 52.2 Å². The third-order valence-corrected chi connectivity index (χ3v) is 2.02. The molecule has 0 rings (SSSR count). The first-order valence-corrected chi connectivity index (χ1v) is 5.35. The summed E-state index contributed by atoms with van der Waals surface area (Å²) in [6.45, 7) is 0.492. The molecule has 7 nitrogen and oxygen atoms in total. The van der Waals surface area contributed by atoms with Crippen molar-refractivity contribution in [2.75, 3.05) is 13.1 Å². The first-order valence-electron chi connectivity index (χ1n) is 5.35. The summed E-state index contributed by atoms with van der Waals surface area (Å²) in [4.78, 5) is 33.4. The number of nitrogens with zero attached hydrogens (tertiary/aromatic N) is 1. The van der Waals surface area contributed by atoms with Gasteiger partial charge in [-0.05, 0) is 6.42 Å². The van der Waals surface area contributed by atoms with Crippen LogP contribution in [0.4, 0.5) is 4.79 Å². The van der Waals surface area contributed by atoms with Gasteiger partial charge in [0.1, 0.15) is 13.1 Å². The molecule has 1 atom stereocenters. The summed E-state index contributed by atoms with van der Waals surface area (Å²) in [7, 11) is 0. The number of nitrogens with one attached hydrogen (secondary N) is 1. The van der Waals surface area contributed by atoms with E-state index in [0.29, 0.717) is 11.3 Å². The van der Waals surface area contributed by atoms with Gasteiger partial charge in [0.25, 0.3) is 0 Å². The molecule has 0 spiro atoms. The van der Waals surface area contributed by atoms with E-state index in [-0.39, 0.29) is 0 Å². The van der Waals surface area contributed by atoms with Crippen LogP contribution in [0.15, 0.2) is 0 Å². The van der Waals surface area contributed by atoms with Crippen LogP contribution in [0, 0.1) is 12.3 Å². The average Bonchev–Trinajstić information content (AvgIpc) is 2.26. The summed E-state index contributed by atoms with van der Waals surface area (Å²) in [5, 5.41) is 19.6. The predicted molar refractivity (Wildman–Crippen MR) is 62.9 cm³/mol. The third kappa shape index (κ3) is 6.37. The van der Waals surface area contributed by atoms with E-state index in [9.17, 15) is 14.4 Å². The van der Waals surface area contributed by atoms with Crippen molar-refractivity contribution in [2.45, 2.75) is 25.8 Å². The van der Waals surface area contributed by atoms with Gasteiger partial charge in [0.15, 0.2) is 0 Å². The van der Waals surface area contributed by atoms with Crippen molar-refractivity contribution in [1.29, 1.82) is 0 Å². The number of hydrogen-bond donors (Lipinski definition) is 3. The molecule has 100 valence electrons.